The lowest BCUT2D eigenvalue weighted by molar-refractivity contribution is 0.0331. The van der Waals surface area contributed by atoms with E-state index in [1.807, 2.05) is 13.0 Å². The Bertz CT molecular complexity index is 408. The highest BCUT2D eigenvalue weighted by atomic mass is 16.4. The van der Waals surface area contributed by atoms with E-state index in [-0.39, 0.29) is 0 Å². The fourth-order valence-corrected chi connectivity index (χ4v) is 2.72. The van der Waals surface area contributed by atoms with E-state index in [4.69, 9.17) is 4.42 Å². The lowest BCUT2D eigenvalue weighted by Crippen LogP contribution is -2.27. The highest BCUT2D eigenvalue weighted by molar-refractivity contribution is 5.22. The van der Waals surface area contributed by atoms with Gasteiger partial charge in [-0.15, -0.1) is 0 Å². The van der Waals surface area contributed by atoms with Crippen LogP contribution in [-0.2, 0) is 0 Å². The summed E-state index contributed by atoms with van der Waals surface area (Å²) >= 11 is 0. The van der Waals surface area contributed by atoms with Gasteiger partial charge >= 0.3 is 0 Å². The third-order valence-electron chi connectivity index (χ3n) is 3.89. The molecule has 1 aliphatic carbocycles. The van der Waals surface area contributed by atoms with Crippen LogP contribution in [0.15, 0.2) is 16.7 Å². The van der Waals surface area contributed by atoms with Gasteiger partial charge in [-0.1, -0.05) is 25.7 Å². The number of hydrogen-bond acceptors (Lipinski definition) is 3. The summed E-state index contributed by atoms with van der Waals surface area (Å²) in [6, 6.07) is 4.20. The summed E-state index contributed by atoms with van der Waals surface area (Å²) < 4.78 is 5.35. The maximum atomic E-state index is 10.5. The predicted octanol–water partition coefficient (Wildman–Crippen LogP) is 3.49. The van der Waals surface area contributed by atoms with Crippen molar-refractivity contribution in [3.05, 3.63) is 23.7 Å². The van der Waals surface area contributed by atoms with Crippen molar-refractivity contribution >= 4 is 0 Å². The van der Waals surface area contributed by atoms with E-state index in [2.05, 4.69) is 6.07 Å². The summed E-state index contributed by atoms with van der Waals surface area (Å²) in [5.74, 6) is 0.563. The van der Waals surface area contributed by atoms with Gasteiger partial charge in [-0.2, -0.15) is 5.26 Å². The Hall–Kier alpha value is -1.27. The average molecular weight is 233 g/mol. The molecule has 1 aliphatic rings. The molecular weight excluding hydrogens is 214 g/mol. The molecule has 1 heterocycles. The van der Waals surface area contributed by atoms with Gasteiger partial charge in [0, 0.05) is 0 Å². The number of aliphatic hydroxyl groups is 1. The molecule has 1 unspecified atom stereocenters. The van der Waals surface area contributed by atoms with Crippen LogP contribution >= 0.6 is 0 Å². The Morgan fingerprint density at radius 3 is 2.47 bits per heavy atom. The molecule has 3 nitrogen and oxygen atoms in total. The van der Waals surface area contributed by atoms with E-state index >= 15 is 0 Å². The van der Waals surface area contributed by atoms with Crippen LogP contribution in [0.3, 0.4) is 0 Å². The molecule has 0 aliphatic heterocycles. The van der Waals surface area contributed by atoms with Crippen molar-refractivity contribution in [1.29, 1.82) is 5.26 Å². The van der Waals surface area contributed by atoms with Crippen LogP contribution < -0.4 is 0 Å². The lowest BCUT2D eigenvalue weighted by Gasteiger charge is -2.29. The van der Waals surface area contributed by atoms with Crippen molar-refractivity contribution in [2.45, 2.75) is 51.6 Å². The highest BCUT2D eigenvalue weighted by Crippen LogP contribution is 2.45. The Kier molecular flexibility index (Phi) is 3.54. The van der Waals surface area contributed by atoms with Gasteiger partial charge in [0.2, 0.25) is 0 Å². The summed E-state index contributed by atoms with van der Waals surface area (Å²) in [7, 11) is 0. The van der Waals surface area contributed by atoms with E-state index in [9.17, 15) is 10.4 Å². The zero-order valence-corrected chi connectivity index (χ0v) is 10.3. The van der Waals surface area contributed by atoms with E-state index in [1.54, 1.807) is 6.26 Å². The van der Waals surface area contributed by atoms with Crippen molar-refractivity contribution in [3.63, 3.8) is 0 Å². The molecule has 1 aromatic heterocycles. The lowest BCUT2D eigenvalue weighted by atomic mass is 9.75. The van der Waals surface area contributed by atoms with E-state index in [0.29, 0.717) is 5.76 Å². The van der Waals surface area contributed by atoms with Gasteiger partial charge in [0.15, 0.2) is 0 Å². The minimum atomic E-state index is -0.791. The Labute approximate surface area is 102 Å². The summed E-state index contributed by atoms with van der Waals surface area (Å²) in [6.07, 6.45) is 6.68. The SMILES string of the molecule is Cc1ccoc1C(O)C1(C#N)CCCCCC1. The minimum absolute atomic E-state index is 0.563. The third-order valence-corrected chi connectivity index (χ3v) is 3.89. The van der Waals surface area contributed by atoms with E-state index < -0.39 is 11.5 Å². The minimum Gasteiger partial charge on any atom is -0.466 e. The molecular formula is C14H19NO2. The molecule has 2 rings (SSSR count). The molecule has 0 radical (unpaired) electrons. The zero-order valence-electron chi connectivity index (χ0n) is 10.3. The summed E-state index contributed by atoms with van der Waals surface area (Å²) in [6.45, 7) is 1.91. The Morgan fingerprint density at radius 1 is 1.35 bits per heavy atom. The Morgan fingerprint density at radius 2 is 2.00 bits per heavy atom. The smallest absolute Gasteiger partial charge is 0.136 e. The van der Waals surface area contributed by atoms with E-state index in [0.717, 1.165) is 44.1 Å². The van der Waals surface area contributed by atoms with Gasteiger partial charge < -0.3 is 9.52 Å². The molecule has 0 bridgehead atoms. The van der Waals surface area contributed by atoms with Gasteiger partial charge in [0.1, 0.15) is 11.9 Å². The fourth-order valence-electron chi connectivity index (χ4n) is 2.72. The van der Waals surface area contributed by atoms with Crippen LogP contribution in [-0.4, -0.2) is 5.11 Å². The quantitative estimate of drug-likeness (QED) is 0.795. The van der Waals surface area contributed by atoms with Gasteiger partial charge in [-0.25, -0.2) is 0 Å². The van der Waals surface area contributed by atoms with Gasteiger partial charge in [0.05, 0.1) is 17.7 Å². The molecule has 1 atom stereocenters. The summed E-state index contributed by atoms with van der Waals surface area (Å²) in [5.41, 5.74) is 0.274. The first kappa shape index (κ1) is 12.2. The largest absolute Gasteiger partial charge is 0.466 e. The second-order valence-electron chi connectivity index (χ2n) is 5.05. The zero-order chi connectivity index (χ0) is 12.3. The first-order valence-corrected chi connectivity index (χ1v) is 6.33. The van der Waals surface area contributed by atoms with Crippen molar-refractivity contribution in [1.82, 2.24) is 0 Å². The van der Waals surface area contributed by atoms with E-state index in [1.165, 1.54) is 0 Å². The second-order valence-corrected chi connectivity index (χ2v) is 5.05. The second kappa shape index (κ2) is 4.93. The maximum absolute atomic E-state index is 10.5. The molecule has 1 saturated carbocycles. The van der Waals surface area contributed by atoms with Crippen molar-refractivity contribution in [2.75, 3.05) is 0 Å². The fraction of sp³-hybridized carbons (Fsp3) is 0.643. The van der Waals surface area contributed by atoms with Crippen LogP contribution in [0.25, 0.3) is 0 Å². The van der Waals surface area contributed by atoms with Crippen LogP contribution in [0.1, 0.15) is 56.0 Å². The van der Waals surface area contributed by atoms with Crippen LogP contribution in [0.4, 0.5) is 0 Å². The normalized spacial score (nSPS) is 21.5. The first-order chi connectivity index (χ1) is 8.19. The molecule has 0 saturated heterocycles. The van der Waals surface area contributed by atoms with Crippen molar-refractivity contribution < 1.29 is 9.52 Å². The highest BCUT2D eigenvalue weighted by Gasteiger charge is 2.41. The third kappa shape index (κ3) is 2.23. The number of aliphatic hydroxyl groups excluding tert-OH is 1. The maximum Gasteiger partial charge on any atom is 0.136 e. The average Bonchev–Trinajstić information content (AvgIpc) is 2.64. The van der Waals surface area contributed by atoms with Crippen molar-refractivity contribution in [3.8, 4) is 6.07 Å². The standard InChI is InChI=1S/C14H19NO2/c1-11-6-9-17-12(11)13(16)14(10-15)7-4-2-3-5-8-14/h6,9,13,16H,2-5,7-8H2,1H3. The van der Waals surface area contributed by atoms with Gasteiger partial charge in [0.25, 0.3) is 0 Å². The van der Waals surface area contributed by atoms with Crippen LogP contribution in [0.2, 0.25) is 0 Å². The number of rotatable bonds is 2. The topological polar surface area (TPSA) is 57.2 Å². The van der Waals surface area contributed by atoms with Gasteiger partial charge in [-0.3, -0.25) is 0 Å². The predicted molar refractivity (Wildman–Crippen MR) is 64.2 cm³/mol. The number of nitriles is 1. The summed E-state index contributed by atoms with van der Waals surface area (Å²) in [4.78, 5) is 0. The molecule has 0 amide bonds. The van der Waals surface area contributed by atoms with Gasteiger partial charge in [-0.05, 0) is 31.4 Å². The number of furan rings is 1. The number of aryl methyl sites for hydroxylation is 1. The van der Waals surface area contributed by atoms with Crippen molar-refractivity contribution in [2.24, 2.45) is 5.41 Å². The molecule has 0 spiro atoms. The number of hydrogen-bond donors (Lipinski definition) is 1. The molecule has 1 aromatic rings. The monoisotopic (exact) mass is 233 g/mol. The molecule has 92 valence electrons. The molecule has 3 heteroatoms. The molecule has 1 N–H and O–H groups in total. The number of nitrogens with zero attached hydrogens (tertiary/aromatic N) is 1. The van der Waals surface area contributed by atoms with Crippen LogP contribution in [0, 0.1) is 23.7 Å². The first-order valence-electron chi connectivity index (χ1n) is 6.33. The molecule has 0 aromatic carbocycles. The summed E-state index contributed by atoms with van der Waals surface area (Å²) in [5, 5.41) is 19.9. The van der Waals surface area contributed by atoms with Crippen LogP contribution in [0.5, 0.6) is 0 Å². The molecule has 17 heavy (non-hydrogen) atoms. The molecule has 1 fully saturated rings. The Balaban J connectivity index is 2.28.